The Bertz CT molecular complexity index is 2360. The van der Waals surface area contributed by atoms with Crippen molar-refractivity contribution in [1.82, 2.24) is 5.34 Å². The van der Waals surface area contributed by atoms with E-state index in [1.165, 1.54) is 63.6 Å². The Kier molecular flexibility index (Phi) is 13.7. The lowest BCUT2D eigenvalue weighted by atomic mass is 9.72. The predicted octanol–water partition coefficient (Wildman–Crippen LogP) is 1.77. The molecule has 0 amide bonds. The quantitative estimate of drug-likeness (QED) is 0.0178. The van der Waals surface area contributed by atoms with Crippen molar-refractivity contribution < 1.29 is 87.9 Å². The molecule has 0 saturated carbocycles. The van der Waals surface area contributed by atoms with Gasteiger partial charge in [-0.2, -0.15) is 4.84 Å². The van der Waals surface area contributed by atoms with Crippen molar-refractivity contribution in [2.24, 2.45) is 5.73 Å². The van der Waals surface area contributed by atoms with Gasteiger partial charge in [0, 0.05) is 54.5 Å². The number of fused-ring (bicyclic) bond motifs is 3. The first-order chi connectivity index (χ1) is 29.9. The maximum Gasteiger partial charge on any atom is 0.331 e. The van der Waals surface area contributed by atoms with E-state index in [9.17, 15) is 54.5 Å². The third-order valence-corrected chi connectivity index (χ3v) is 10.7. The van der Waals surface area contributed by atoms with Gasteiger partial charge in [-0.05, 0) is 43.2 Å². The number of carbonyl (C=O) groups excluding carboxylic acids is 5. The van der Waals surface area contributed by atoms with E-state index in [1.54, 1.807) is 0 Å². The Morgan fingerprint density at radius 1 is 1.03 bits per heavy atom. The van der Waals surface area contributed by atoms with Crippen molar-refractivity contribution in [3.05, 3.63) is 91.5 Å². The SMILES string of the molecule is COc1cc(/C=C/C(=O)OCC(=O)[C@]2(O)Cc3c(O)c4c(c(O)c3[C@@H](OC3CC(N)C(O)C(C)O3)C2)C(=O)c2c(OC)cccc2C4=O)ccc1OC(=O)CCCON(O)[N+](=O)[O-]. The van der Waals surface area contributed by atoms with Gasteiger partial charge in [-0.15, -0.1) is 0 Å². The van der Waals surface area contributed by atoms with Gasteiger partial charge in [-0.1, -0.05) is 18.2 Å². The highest BCUT2D eigenvalue weighted by atomic mass is 17.0. The molecule has 3 aromatic rings. The first-order valence-electron chi connectivity index (χ1n) is 19.3. The lowest BCUT2D eigenvalue weighted by molar-refractivity contribution is -0.809. The lowest BCUT2D eigenvalue weighted by Gasteiger charge is -2.42. The molecule has 22 heteroatoms. The zero-order valence-electron chi connectivity index (χ0n) is 33.9. The van der Waals surface area contributed by atoms with E-state index >= 15 is 0 Å². The Hall–Kier alpha value is -6.53. The van der Waals surface area contributed by atoms with E-state index in [0.29, 0.717) is 5.56 Å². The minimum Gasteiger partial charge on any atom is -0.507 e. The molecular formula is C41H43N3O19. The lowest BCUT2D eigenvalue weighted by Crippen LogP contribution is -2.53. The highest BCUT2D eigenvalue weighted by Crippen LogP contribution is 2.52. The monoisotopic (exact) mass is 881 g/mol. The molecule has 1 aliphatic heterocycles. The van der Waals surface area contributed by atoms with Crippen molar-refractivity contribution in [2.45, 2.75) is 75.3 Å². The number of phenolic OH excluding ortho intramolecular Hbond substituents is 2. The molecule has 336 valence electrons. The molecule has 3 aromatic carbocycles. The molecule has 3 aliphatic rings. The molecule has 0 radical (unpaired) electrons. The molecular weight excluding hydrogens is 838 g/mol. The third kappa shape index (κ3) is 9.46. The zero-order valence-corrected chi connectivity index (χ0v) is 33.9. The number of methoxy groups -OCH3 is 2. The Morgan fingerprint density at radius 3 is 2.43 bits per heavy atom. The van der Waals surface area contributed by atoms with Gasteiger partial charge in [0.2, 0.25) is 16.6 Å². The molecule has 0 aromatic heterocycles. The summed E-state index contributed by atoms with van der Waals surface area (Å²) in [6, 6.07) is 7.63. The number of nitro groups is 1. The molecule has 1 saturated heterocycles. The second-order valence-corrected chi connectivity index (χ2v) is 14.8. The summed E-state index contributed by atoms with van der Waals surface area (Å²) in [5.41, 5.74) is 2.09. The van der Waals surface area contributed by atoms with Crippen molar-refractivity contribution >= 4 is 35.4 Å². The van der Waals surface area contributed by atoms with Crippen molar-refractivity contribution in [3.63, 3.8) is 0 Å². The van der Waals surface area contributed by atoms with Gasteiger partial charge in [0.05, 0.1) is 55.8 Å². The van der Waals surface area contributed by atoms with Gasteiger partial charge in [0.1, 0.15) is 22.8 Å². The van der Waals surface area contributed by atoms with Crippen LogP contribution in [0.25, 0.3) is 6.08 Å². The van der Waals surface area contributed by atoms with Crippen LogP contribution in [-0.4, -0.2) is 123 Å². The summed E-state index contributed by atoms with van der Waals surface area (Å²) in [6.07, 6.45) is -4.03. The zero-order chi connectivity index (χ0) is 45.9. The third-order valence-electron chi connectivity index (χ3n) is 10.7. The number of carbonyl (C=O) groups is 5. The van der Waals surface area contributed by atoms with Crippen LogP contribution in [0, 0.1) is 10.1 Å². The van der Waals surface area contributed by atoms with Gasteiger partial charge in [0.25, 0.3) is 0 Å². The number of nitrogens with zero attached hydrogens (tertiary/aromatic N) is 2. The van der Waals surface area contributed by atoms with Crippen molar-refractivity contribution in [3.8, 4) is 28.7 Å². The maximum atomic E-state index is 14.0. The normalized spacial score (nSPS) is 22.7. The molecule has 1 fully saturated rings. The number of ketones is 3. The van der Waals surface area contributed by atoms with Crippen LogP contribution in [0.2, 0.25) is 0 Å². The van der Waals surface area contributed by atoms with Crippen LogP contribution < -0.4 is 19.9 Å². The number of nitrogens with two attached hydrogens (primary N) is 1. The molecule has 63 heavy (non-hydrogen) atoms. The fourth-order valence-corrected chi connectivity index (χ4v) is 7.54. The van der Waals surface area contributed by atoms with Gasteiger partial charge in [-0.3, -0.25) is 19.2 Å². The summed E-state index contributed by atoms with van der Waals surface area (Å²) in [7, 11) is 2.58. The van der Waals surface area contributed by atoms with Crippen molar-refractivity contribution in [1.29, 1.82) is 0 Å². The largest absolute Gasteiger partial charge is 0.507 e. The van der Waals surface area contributed by atoms with Crippen LogP contribution in [0.15, 0.2) is 42.5 Å². The molecule has 2 aliphatic carbocycles. The van der Waals surface area contributed by atoms with Crippen LogP contribution in [0.5, 0.6) is 28.7 Å². The van der Waals surface area contributed by atoms with Gasteiger partial charge in [0.15, 0.2) is 35.5 Å². The number of hydrogen-bond donors (Lipinski definition) is 6. The Morgan fingerprint density at radius 2 is 1.75 bits per heavy atom. The van der Waals surface area contributed by atoms with E-state index in [4.69, 9.17) is 39.4 Å². The number of hydrazine groups is 1. The molecule has 4 unspecified atom stereocenters. The second-order valence-electron chi connectivity index (χ2n) is 14.8. The Balaban J connectivity index is 1.19. The molecule has 22 nitrogen and oxygen atoms in total. The number of hydrogen-bond acceptors (Lipinski definition) is 20. The number of benzene rings is 3. The average Bonchev–Trinajstić information content (AvgIpc) is 3.25. The summed E-state index contributed by atoms with van der Waals surface area (Å²) in [6.45, 7) is 0.182. The van der Waals surface area contributed by atoms with Crippen molar-refractivity contribution in [2.75, 3.05) is 27.4 Å². The first-order valence-corrected chi connectivity index (χ1v) is 19.3. The van der Waals surface area contributed by atoms with E-state index in [-0.39, 0.29) is 65.4 Å². The minimum absolute atomic E-state index is 0.00160. The van der Waals surface area contributed by atoms with Crippen LogP contribution in [0.3, 0.4) is 0 Å². The number of aliphatic hydroxyl groups is 2. The van der Waals surface area contributed by atoms with E-state index in [0.717, 1.165) is 6.08 Å². The Labute approximate surface area is 356 Å². The van der Waals surface area contributed by atoms with E-state index < -0.39 is 118 Å². The van der Waals surface area contributed by atoms with E-state index in [1.807, 2.05) is 0 Å². The summed E-state index contributed by atoms with van der Waals surface area (Å²) in [5, 5.41) is 63.3. The maximum absolute atomic E-state index is 14.0. The highest BCUT2D eigenvalue weighted by Gasteiger charge is 2.50. The molecule has 6 rings (SSSR count). The van der Waals surface area contributed by atoms with Gasteiger partial charge >= 0.3 is 11.9 Å². The number of esters is 2. The number of ether oxygens (including phenoxy) is 6. The minimum atomic E-state index is -2.47. The second kappa shape index (κ2) is 18.8. The number of phenols is 2. The number of aliphatic hydroxyl groups excluding tert-OH is 1. The standard InChI is InChI=1S/C41H43N3O19/c1-19-36(48)23(42)15-31(61-19)63-27-17-41(53,16-22-33(27)40(52)35-34(38(22)50)37(49)21-6-4-7-25(57-2)32(21)39(35)51)28(45)18-59-29(46)12-10-20-9-11-24(26(14-20)58-3)62-30(47)8-5-13-60-44(56)43(54)55/h4,6-7,9-12,14,19,23,27,31,36,48,50,52-53,56H,5,8,13,15-18,42H2,1-3H3/b12-10+/t19?,23?,27-,31?,36?,41-/m0/s1. The summed E-state index contributed by atoms with van der Waals surface area (Å²) < 4.78 is 33.0. The average molecular weight is 882 g/mol. The summed E-state index contributed by atoms with van der Waals surface area (Å²) in [4.78, 5) is 81.5. The fraction of sp³-hybridized carbons (Fsp3) is 0.390. The summed E-state index contributed by atoms with van der Waals surface area (Å²) >= 11 is 0. The molecule has 0 bridgehead atoms. The van der Waals surface area contributed by atoms with Crippen LogP contribution in [0.4, 0.5) is 0 Å². The van der Waals surface area contributed by atoms with Crippen LogP contribution in [0.1, 0.15) is 87.2 Å². The van der Waals surface area contributed by atoms with E-state index in [2.05, 4.69) is 4.84 Å². The van der Waals surface area contributed by atoms with Gasteiger partial charge in [-0.25, -0.2) is 20.1 Å². The molecule has 1 heterocycles. The number of aromatic hydroxyl groups is 2. The van der Waals surface area contributed by atoms with Crippen LogP contribution in [-0.2, 0) is 39.9 Å². The fourth-order valence-electron chi connectivity index (χ4n) is 7.54. The smallest absolute Gasteiger partial charge is 0.331 e. The number of rotatable bonds is 16. The van der Waals surface area contributed by atoms with Crippen LogP contribution >= 0.6 is 0 Å². The topological polar surface area (TPSA) is 324 Å². The summed E-state index contributed by atoms with van der Waals surface area (Å²) in [5.74, 6) is -5.97. The predicted molar refractivity (Wildman–Crippen MR) is 209 cm³/mol. The molecule has 0 spiro atoms. The highest BCUT2D eigenvalue weighted by molar-refractivity contribution is 6.31. The number of Topliss-reactive ketones (excluding diaryl/α,β-unsaturated/α-hetero) is 1. The first kappa shape index (κ1) is 46.0. The van der Waals surface area contributed by atoms with Gasteiger partial charge < -0.3 is 54.6 Å². The molecule has 7 N–H and O–H groups in total. The molecule has 6 atom stereocenters.